The van der Waals surface area contributed by atoms with Gasteiger partial charge in [0.15, 0.2) is 0 Å². The first kappa shape index (κ1) is 28.5. The quantitative estimate of drug-likeness (QED) is 0.548. The van der Waals surface area contributed by atoms with Crippen molar-refractivity contribution in [2.75, 3.05) is 37.8 Å². The fourth-order valence-corrected chi connectivity index (χ4v) is 5.94. The van der Waals surface area contributed by atoms with E-state index in [2.05, 4.69) is 38.3 Å². The Kier molecular flexibility index (Phi) is 8.68. The number of nitrogens with one attached hydrogen (secondary N) is 1. The first-order valence-electron chi connectivity index (χ1n) is 14.5. The molecule has 0 radical (unpaired) electrons. The number of carbonyl (C=O) groups is 2. The Bertz CT molecular complexity index is 1240. The minimum atomic E-state index is -0.630. The predicted molar refractivity (Wildman–Crippen MR) is 157 cm³/mol. The second kappa shape index (κ2) is 12.2. The van der Waals surface area contributed by atoms with E-state index >= 15 is 0 Å². The summed E-state index contributed by atoms with van der Waals surface area (Å²) < 4.78 is 5.52. The molecule has 0 aromatic heterocycles. The Morgan fingerprint density at radius 3 is 2.42 bits per heavy atom. The molecule has 40 heavy (non-hydrogen) atoms. The molecule has 2 aromatic rings. The standard InChI is InChI=1S/C32H42N4O4/c1-22-4-7-24(8-5-22)30(38)33-29-19-26-9-6-23(20-35-14-16-40-17-15-35)18-28(26)36(29)27-12-10-25(11-13-27)31(39)34-32(2,3)21-37/h4-9,18,25,27,37H,10-17,19-21H2,1-3H3,(H,34,39). The molecule has 2 amide bonds. The Labute approximate surface area is 237 Å². The van der Waals surface area contributed by atoms with E-state index in [0.29, 0.717) is 12.0 Å². The third-order valence-electron chi connectivity index (χ3n) is 8.36. The minimum Gasteiger partial charge on any atom is -0.394 e. The molecule has 2 aliphatic heterocycles. The summed E-state index contributed by atoms with van der Waals surface area (Å²) in [5, 5.41) is 12.6. The number of aliphatic hydroxyl groups is 1. The molecule has 5 rings (SSSR count). The summed E-state index contributed by atoms with van der Waals surface area (Å²) >= 11 is 0. The predicted octanol–water partition coefficient (Wildman–Crippen LogP) is 3.87. The second-order valence-corrected chi connectivity index (χ2v) is 12.1. The molecule has 2 N–H and O–H groups in total. The minimum absolute atomic E-state index is 0.00978. The number of aliphatic imine (C=N–C) groups is 1. The summed E-state index contributed by atoms with van der Waals surface area (Å²) in [6.07, 6.45) is 3.81. The number of hydrogen-bond donors (Lipinski definition) is 2. The summed E-state index contributed by atoms with van der Waals surface area (Å²) in [4.78, 5) is 35.5. The Hall–Kier alpha value is -3.07. The topological polar surface area (TPSA) is 94.5 Å². The molecule has 1 saturated carbocycles. The lowest BCUT2D eigenvalue weighted by Crippen LogP contribution is -2.50. The highest BCUT2D eigenvalue weighted by Gasteiger charge is 2.37. The first-order chi connectivity index (χ1) is 19.2. The SMILES string of the molecule is Cc1ccc(C(=O)N=C2Cc3ccc(CN4CCOCC4)cc3N2C2CCC(C(=O)NC(C)(C)CO)CC2)cc1. The maximum absolute atomic E-state index is 13.2. The summed E-state index contributed by atoms with van der Waals surface area (Å²) in [5.74, 6) is 0.501. The van der Waals surface area contributed by atoms with E-state index in [1.807, 2.05) is 45.0 Å². The average molecular weight is 547 g/mol. The number of morpholine rings is 1. The van der Waals surface area contributed by atoms with E-state index in [4.69, 9.17) is 4.74 Å². The molecule has 0 spiro atoms. The van der Waals surface area contributed by atoms with Crippen LogP contribution in [0.25, 0.3) is 0 Å². The largest absolute Gasteiger partial charge is 0.394 e. The highest BCUT2D eigenvalue weighted by atomic mass is 16.5. The number of carbonyl (C=O) groups excluding carboxylic acids is 2. The number of fused-ring (bicyclic) bond motifs is 1. The number of hydrogen-bond acceptors (Lipinski definition) is 5. The Balaban J connectivity index is 1.38. The van der Waals surface area contributed by atoms with E-state index in [1.54, 1.807) is 0 Å². The molecular formula is C32H42N4O4. The number of aryl methyl sites for hydroxylation is 1. The smallest absolute Gasteiger partial charge is 0.278 e. The van der Waals surface area contributed by atoms with Crippen LogP contribution in [0.3, 0.4) is 0 Å². The zero-order chi connectivity index (χ0) is 28.3. The summed E-state index contributed by atoms with van der Waals surface area (Å²) in [6, 6.07) is 14.4. The highest BCUT2D eigenvalue weighted by Crippen LogP contribution is 2.38. The molecule has 0 atom stereocenters. The third-order valence-corrected chi connectivity index (χ3v) is 8.36. The maximum Gasteiger partial charge on any atom is 0.278 e. The van der Waals surface area contributed by atoms with Crippen molar-refractivity contribution in [1.29, 1.82) is 0 Å². The molecular weight excluding hydrogens is 504 g/mol. The van der Waals surface area contributed by atoms with Gasteiger partial charge in [0.05, 0.1) is 25.4 Å². The zero-order valence-electron chi connectivity index (χ0n) is 24.0. The molecule has 1 saturated heterocycles. The van der Waals surface area contributed by atoms with Crippen LogP contribution in [-0.4, -0.2) is 72.1 Å². The highest BCUT2D eigenvalue weighted by molar-refractivity contribution is 6.12. The van der Waals surface area contributed by atoms with Gasteiger partial charge in [0.2, 0.25) is 5.91 Å². The fraction of sp³-hybridized carbons (Fsp3) is 0.531. The van der Waals surface area contributed by atoms with Gasteiger partial charge in [-0.3, -0.25) is 14.5 Å². The number of aliphatic hydroxyl groups excluding tert-OH is 1. The van der Waals surface area contributed by atoms with Gasteiger partial charge in [0.25, 0.3) is 5.91 Å². The van der Waals surface area contributed by atoms with Crippen molar-refractivity contribution in [3.8, 4) is 0 Å². The van der Waals surface area contributed by atoms with Gasteiger partial charge in [-0.25, -0.2) is 0 Å². The van der Waals surface area contributed by atoms with Crippen LogP contribution in [0, 0.1) is 12.8 Å². The molecule has 1 aliphatic carbocycles. The normalized spacial score (nSPS) is 22.8. The van der Waals surface area contributed by atoms with Crippen molar-refractivity contribution < 1.29 is 19.4 Å². The van der Waals surface area contributed by atoms with Crippen molar-refractivity contribution >= 4 is 23.3 Å². The van der Waals surface area contributed by atoms with E-state index in [9.17, 15) is 14.7 Å². The van der Waals surface area contributed by atoms with Crippen molar-refractivity contribution in [2.45, 2.75) is 71.0 Å². The summed E-state index contributed by atoms with van der Waals surface area (Å²) in [7, 11) is 0. The van der Waals surface area contributed by atoms with Gasteiger partial charge in [0, 0.05) is 49.3 Å². The lowest BCUT2D eigenvalue weighted by atomic mass is 9.84. The van der Waals surface area contributed by atoms with Gasteiger partial charge in [-0.2, -0.15) is 4.99 Å². The lowest BCUT2D eigenvalue weighted by molar-refractivity contribution is -0.128. The van der Waals surface area contributed by atoms with Crippen molar-refractivity contribution in [2.24, 2.45) is 10.9 Å². The van der Waals surface area contributed by atoms with Gasteiger partial charge in [-0.05, 0) is 75.8 Å². The molecule has 2 fully saturated rings. The molecule has 0 unspecified atom stereocenters. The van der Waals surface area contributed by atoms with Gasteiger partial charge < -0.3 is 20.1 Å². The number of nitrogens with zero attached hydrogens (tertiary/aromatic N) is 3. The number of anilines is 1. The maximum atomic E-state index is 13.2. The summed E-state index contributed by atoms with van der Waals surface area (Å²) in [5.41, 5.74) is 4.64. The molecule has 8 heteroatoms. The number of benzene rings is 2. The van der Waals surface area contributed by atoms with Crippen LogP contribution in [0.1, 0.15) is 66.6 Å². The van der Waals surface area contributed by atoms with Crippen LogP contribution in [-0.2, 0) is 22.5 Å². The molecule has 214 valence electrons. The molecule has 2 aromatic carbocycles. The van der Waals surface area contributed by atoms with Gasteiger partial charge in [0.1, 0.15) is 5.84 Å². The first-order valence-corrected chi connectivity index (χ1v) is 14.5. The van der Waals surface area contributed by atoms with Crippen molar-refractivity contribution in [3.63, 3.8) is 0 Å². The number of amidine groups is 1. The van der Waals surface area contributed by atoms with E-state index in [0.717, 1.165) is 75.6 Å². The van der Waals surface area contributed by atoms with E-state index in [-0.39, 0.29) is 30.4 Å². The molecule has 2 heterocycles. The number of ether oxygens (including phenoxy) is 1. The monoisotopic (exact) mass is 546 g/mol. The lowest BCUT2D eigenvalue weighted by Gasteiger charge is -2.37. The third kappa shape index (κ3) is 6.62. The molecule has 8 nitrogen and oxygen atoms in total. The van der Waals surface area contributed by atoms with Crippen molar-refractivity contribution in [1.82, 2.24) is 10.2 Å². The van der Waals surface area contributed by atoms with Crippen LogP contribution < -0.4 is 10.2 Å². The van der Waals surface area contributed by atoms with E-state index < -0.39 is 5.54 Å². The molecule has 3 aliphatic rings. The summed E-state index contributed by atoms with van der Waals surface area (Å²) in [6.45, 7) is 9.83. The Morgan fingerprint density at radius 1 is 1.05 bits per heavy atom. The van der Waals surface area contributed by atoms with Gasteiger partial charge in [-0.1, -0.05) is 29.8 Å². The van der Waals surface area contributed by atoms with Gasteiger partial charge in [-0.15, -0.1) is 0 Å². The van der Waals surface area contributed by atoms with Gasteiger partial charge >= 0.3 is 0 Å². The van der Waals surface area contributed by atoms with E-state index in [1.165, 1.54) is 11.1 Å². The molecule has 0 bridgehead atoms. The second-order valence-electron chi connectivity index (χ2n) is 12.1. The van der Waals surface area contributed by atoms with Crippen LogP contribution in [0.15, 0.2) is 47.5 Å². The zero-order valence-corrected chi connectivity index (χ0v) is 24.0. The number of rotatable bonds is 7. The average Bonchev–Trinajstić information content (AvgIpc) is 3.30. The van der Waals surface area contributed by atoms with Crippen LogP contribution in [0.4, 0.5) is 5.69 Å². The van der Waals surface area contributed by atoms with Crippen molar-refractivity contribution in [3.05, 3.63) is 64.7 Å². The number of amides is 2. The van der Waals surface area contributed by atoms with Crippen LogP contribution in [0.5, 0.6) is 0 Å². The fourth-order valence-electron chi connectivity index (χ4n) is 5.94. The van der Waals surface area contributed by atoms with Crippen LogP contribution in [0.2, 0.25) is 0 Å². The Morgan fingerprint density at radius 2 is 1.75 bits per heavy atom. The van der Waals surface area contributed by atoms with Crippen LogP contribution >= 0.6 is 0 Å².